The van der Waals surface area contributed by atoms with Crippen LogP contribution in [0.2, 0.25) is 0 Å². The summed E-state index contributed by atoms with van der Waals surface area (Å²) >= 11 is 1.32. The van der Waals surface area contributed by atoms with Crippen LogP contribution in [-0.2, 0) is 0 Å². The number of thioether (sulfide) groups is 1. The fourth-order valence-corrected chi connectivity index (χ4v) is 0.519. The van der Waals surface area contributed by atoms with Crippen LogP contribution in [0.5, 0.6) is 0 Å². The maximum atomic E-state index is 5.23. The molecule has 0 heterocycles. The van der Waals surface area contributed by atoms with Gasteiger partial charge in [-0.2, -0.15) is 0 Å². The minimum Gasteiger partial charge on any atom is -0.394 e. The van der Waals surface area contributed by atoms with Crippen molar-refractivity contribution in [2.24, 2.45) is 10.7 Å². The van der Waals surface area contributed by atoms with E-state index in [1.165, 1.54) is 11.8 Å². The molecule has 0 radical (unpaired) electrons. The van der Waals surface area contributed by atoms with Crippen LogP contribution in [0.15, 0.2) is 29.3 Å². The lowest BCUT2D eigenvalue weighted by Crippen LogP contribution is -1.87. The fourth-order valence-electron chi connectivity index (χ4n) is 0.223. The van der Waals surface area contributed by atoms with Crippen molar-refractivity contribution in [3.8, 4) is 0 Å². The predicted octanol–water partition coefficient (Wildman–Crippen LogP) is 1.36. The van der Waals surface area contributed by atoms with Crippen LogP contribution in [-0.4, -0.2) is 12.1 Å². The van der Waals surface area contributed by atoms with Gasteiger partial charge in [-0.1, -0.05) is 24.4 Å². The van der Waals surface area contributed by atoms with Crippen LogP contribution in [0.1, 0.15) is 0 Å². The van der Waals surface area contributed by atoms with Crippen molar-refractivity contribution in [3.63, 3.8) is 0 Å². The van der Waals surface area contributed by atoms with Crippen LogP contribution in [0, 0.1) is 0 Å². The van der Waals surface area contributed by atoms with Crippen molar-refractivity contribution in [3.05, 3.63) is 24.3 Å². The third-order valence-electron chi connectivity index (χ3n) is 0.513. The smallest absolute Gasteiger partial charge is 0.0639 e. The van der Waals surface area contributed by atoms with Gasteiger partial charge in [0, 0.05) is 0 Å². The molecule has 0 saturated carbocycles. The number of hydrogen-bond acceptors (Lipinski definition) is 3. The van der Waals surface area contributed by atoms with Gasteiger partial charge in [0.25, 0.3) is 0 Å². The van der Waals surface area contributed by atoms with Gasteiger partial charge in [-0.3, -0.25) is 4.99 Å². The number of hydrogen-bond donors (Lipinski definition) is 1. The lowest BCUT2D eigenvalue weighted by atomic mass is 10.7. The van der Waals surface area contributed by atoms with Gasteiger partial charge in [-0.15, -0.1) is 6.58 Å². The van der Waals surface area contributed by atoms with Crippen LogP contribution < -0.4 is 5.73 Å². The first-order valence-electron chi connectivity index (χ1n) is 2.47. The molecular formula is C6H10N2S. The van der Waals surface area contributed by atoms with Crippen molar-refractivity contribution >= 4 is 17.3 Å². The van der Waals surface area contributed by atoms with E-state index in [0.717, 1.165) is 0 Å². The largest absolute Gasteiger partial charge is 0.394 e. The summed E-state index contributed by atoms with van der Waals surface area (Å²) in [7, 11) is 0. The molecule has 0 saturated heterocycles. The van der Waals surface area contributed by atoms with E-state index < -0.39 is 0 Å². The van der Waals surface area contributed by atoms with Gasteiger partial charge in [0.15, 0.2) is 0 Å². The van der Waals surface area contributed by atoms with E-state index in [-0.39, 0.29) is 0 Å². The Morgan fingerprint density at radius 1 is 1.78 bits per heavy atom. The summed E-state index contributed by atoms with van der Waals surface area (Å²) in [6.07, 6.45) is 1.72. The second-order valence-corrected chi connectivity index (χ2v) is 2.31. The van der Waals surface area contributed by atoms with Crippen LogP contribution in [0.25, 0.3) is 0 Å². The molecule has 0 aromatic carbocycles. The maximum Gasteiger partial charge on any atom is 0.0639 e. The second-order valence-electron chi connectivity index (χ2n) is 1.34. The molecule has 0 amide bonds. The van der Waals surface area contributed by atoms with Gasteiger partial charge in [0.05, 0.1) is 17.1 Å². The molecule has 0 bridgehead atoms. The van der Waals surface area contributed by atoms with Crippen molar-refractivity contribution in [2.75, 3.05) is 6.54 Å². The summed E-state index contributed by atoms with van der Waals surface area (Å²) in [4.78, 5) is 3.91. The Balaban J connectivity index is 3.24. The van der Waals surface area contributed by atoms with Crippen molar-refractivity contribution in [1.29, 1.82) is 0 Å². The first kappa shape index (κ1) is 8.30. The van der Waals surface area contributed by atoms with Crippen molar-refractivity contribution in [1.82, 2.24) is 0 Å². The van der Waals surface area contributed by atoms with Gasteiger partial charge >= 0.3 is 0 Å². The normalized spacial score (nSPS) is 9.78. The first-order valence-corrected chi connectivity index (χ1v) is 3.35. The van der Waals surface area contributed by atoms with Crippen molar-refractivity contribution < 1.29 is 0 Å². The Kier molecular flexibility index (Phi) is 5.01. The van der Waals surface area contributed by atoms with Gasteiger partial charge < -0.3 is 5.73 Å². The number of nitrogens with zero attached hydrogens (tertiary/aromatic N) is 1. The monoisotopic (exact) mass is 142 g/mol. The number of aliphatic imine (C=N–C) groups is 1. The minimum absolute atomic E-state index is 0.558. The molecule has 0 rings (SSSR count). The summed E-state index contributed by atoms with van der Waals surface area (Å²) in [5.74, 6) is 0. The topological polar surface area (TPSA) is 38.4 Å². The standard InChI is InChI=1S/C6H10N2S/c1-3-4-8-5-9-6(2)7/h3,5H,1-2,4,7H2/b8-5-. The van der Waals surface area contributed by atoms with Gasteiger partial charge in [-0.25, -0.2) is 0 Å². The average molecular weight is 142 g/mol. The number of nitrogens with two attached hydrogens (primary N) is 1. The Bertz CT molecular complexity index is 129. The Hall–Kier alpha value is -0.700. The molecule has 0 unspecified atom stereocenters. The zero-order chi connectivity index (χ0) is 7.11. The number of rotatable bonds is 4. The zero-order valence-electron chi connectivity index (χ0n) is 5.21. The van der Waals surface area contributed by atoms with E-state index in [4.69, 9.17) is 5.73 Å². The molecule has 2 N–H and O–H groups in total. The minimum atomic E-state index is 0.558. The molecule has 0 atom stereocenters. The van der Waals surface area contributed by atoms with Gasteiger partial charge in [0.1, 0.15) is 0 Å². The molecule has 0 aromatic heterocycles. The average Bonchev–Trinajstić information content (AvgIpc) is 1.80. The lowest BCUT2D eigenvalue weighted by molar-refractivity contribution is 1.27. The maximum absolute atomic E-state index is 5.23. The highest BCUT2D eigenvalue weighted by molar-refractivity contribution is 8.15. The SMILES string of the molecule is C=CC/N=C\SC(=C)N. The molecule has 2 nitrogen and oxygen atoms in total. The molecule has 0 spiro atoms. The summed E-state index contributed by atoms with van der Waals surface area (Å²) in [6, 6.07) is 0. The second kappa shape index (κ2) is 5.44. The highest BCUT2D eigenvalue weighted by Crippen LogP contribution is 2.00. The van der Waals surface area contributed by atoms with E-state index in [1.807, 2.05) is 0 Å². The van der Waals surface area contributed by atoms with Crippen molar-refractivity contribution in [2.45, 2.75) is 0 Å². The Morgan fingerprint density at radius 2 is 2.44 bits per heavy atom. The van der Waals surface area contributed by atoms with Gasteiger partial charge in [-0.05, 0) is 0 Å². The highest BCUT2D eigenvalue weighted by atomic mass is 32.2. The Labute approximate surface area is 59.5 Å². The quantitative estimate of drug-likeness (QED) is 0.365. The highest BCUT2D eigenvalue weighted by Gasteiger charge is 1.77. The first-order chi connectivity index (χ1) is 4.27. The molecule has 3 heteroatoms. The van der Waals surface area contributed by atoms with Gasteiger partial charge in [0.2, 0.25) is 0 Å². The van der Waals surface area contributed by atoms with E-state index >= 15 is 0 Å². The molecule has 0 aliphatic heterocycles. The fraction of sp³-hybridized carbons (Fsp3) is 0.167. The molecule has 0 aliphatic carbocycles. The van der Waals surface area contributed by atoms with Crippen LogP contribution >= 0.6 is 11.8 Å². The molecular weight excluding hydrogens is 132 g/mol. The van der Waals surface area contributed by atoms with E-state index in [1.54, 1.807) is 11.6 Å². The molecule has 0 aliphatic rings. The van der Waals surface area contributed by atoms with E-state index in [9.17, 15) is 0 Å². The summed E-state index contributed by atoms with van der Waals surface area (Å²) < 4.78 is 0. The summed E-state index contributed by atoms with van der Waals surface area (Å²) in [6.45, 7) is 7.62. The summed E-state index contributed by atoms with van der Waals surface area (Å²) in [5.41, 5.74) is 6.88. The predicted molar refractivity (Wildman–Crippen MR) is 44.5 cm³/mol. The lowest BCUT2D eigenvalue weighted by Gasteiger charge is -1.86. The molecule has 0 aromatic rings. The van der Waals surface area contributed by atoms with Crippen LogP contribution in [0.3, 0.4) is 0 Å². The molecule has 50 valence electrons. The molecule has 9 heavy (non-hydrogen) atoms. The van der Waals surface area contributed by atoms with Crippen LogP contribution in [0.4, 0.5) is 0 Å². The third-order valence-corrected chi connectivity index (χ3v) is 1.07. The Morgan fingerprint density at radius 3 is 2.89 bits per heavy atom. The summed E-state index contributed by atoms with van der Waals surface area (Å²) in [5, 5.41) is 0.558. The third kappa shape index (κ3) is 7.30. The molecule has 0 fully saturated rings. The zero-order valence-corrected chi connectivity index (χ0v) is 6.03. The van der Waals surface area contributed by atoms with E-state index in [2.05, 4.69) is 18.2 Å². The van der Waals surface area contributed by atoms with E-state index in [0.29, 0.717) is 11.6 Å².